The summed E-state index contributed by atoms with van der Waals surface area (Å²) >= 11 is 12.5. The SMILES string of the molecule is CCOC(=O)c1sc(=S)n(-c2ccccc2)c1N=C=Nc1ccc(Cl)cc1. The Hall–Kier alpha value is -2.57. The maximum absolute atomic E-state index is 12.3. The number of carbonyl (C=O) groups excluding carboxylic acids is 1. The number of benzene rings is 2. The molecule has 0 aliphatic rings. The van der Waals surface area contributed by atoms with Crippen molar-refractivity contribution in [2.24, 2.45) is 9.98 Å². The zero-order valence-electron chi connectivity index (χ0n) is 14.3. The van der Waals surface area contributed by atoms with Gasteiger partial charge in [0.15, 0.2) is 14.6 Å². The quantitative estimate of drug-likeness (QED) is 0.281. The van der Waals surface area contributed by atoms with Gasteiger partial charge in [-0.15, -0.1) is 0 Å². The number of rotatable bonds is 5. The molecule has 0 bridgehead atoms. The number of halogens is 1. The van der Waals surface area contributed by atoms with Gasteiger partial charge in [-0.3, -0.25) is 4.57 Å². The summed E-state index contributed by atoms with van der Waals surface area (Å²) in [6.45, 7) is 2.01. The molecular weight excluding hydrogens is 402 g/mol. The van der Waals surface area contributed by atoms with E-state index in [9.17, 15) is 4.79 Å². The van der Waals surface area contributed by atoms with E-state index in [2.05, 4.69) is 16.0 Å². The van der Waals surface area contributed by atoms with Crippen molar-refractivity contribution < 1.29 is 9.53 Å². The predicted octanol–water partition coefficient (Wildman–Crippen LogP) is 6.24. The van der Waals surface area contributed by atoms with Gasteiger partial charge >= 0.3 is 5.97 Å². The van der Waals surface area contributed by atoms with Crippen LogP contribution in [0.2, 0.25) is 5.02 Å². The van der Waals surface area contributed by atoms with Crippen LogP contribution >= 0.6 is 35.2 Å². The predicted molar refractivity (Wildman–Crippen MR) is 111 cm³/mol. The molecule has 1 aromatic heterocycles. The van der Waals surface area contributed by atoms with E-state index in [1.54, 1.807) is 35.8 Å². The Morgan fingerprint density at radius 3 is 2.56 bits per heavy atom. The third-order valence-electron chi connectivity index (χ3n) is 3.42. The minimum atomic E-state index is -0.477. The molecule has 0 radical (unpaired) electrons. The molecule has 27 heavy (non-hydrogen) atoms. The number of carbonyl (C=O) groups is 1. The smallest absolute Gasteiger partial charge is 0.352 e. The van der Waals surface area contributed by atoms with Gasteiger partial charge in [-0.25, -0.2) is 4.79 Å². The molecule has 0 aliphatic carbocycles. The molecule has 0 amide bonds. The highest BCUT2D eigenvalue weighted by Crippen LogP contribution is 2.31. The van der Waals surface area contributed by atoms with Gasteiger partial charge in [0.05, 0.1) is 12.3 Å². The summed E-state index contributed by atoms with van der Waals surface area (Å²) in [7, 11) is 0. The average Bonchev–Trinajstić information content (AvgIpc) is 3.00. The van der Waals surface area contributed by atoms with E-state index < -0.39 is 5.97 Å². The molecule has 2 aromatic carbocycles. The molecule has 3 aromatic rings. The van der Waals surface area contributed by atoms with Crippen molar-refractivity contribution in [3.8, 4) is 5.69 Å². The lowest BCUT2D eigenvalue weighted by atomic mass is 10.3. The first-order valence-corrected chi connectivity index (χ1v) is 9.61. The first kappa shape index (κ1) is 19.2. The number of hydrogen-bond donors (Lipinski definition) is 0. The summed E-state index contributed by atoms with van der Waals surface area (Å²) in [5.74, 6) is -0.136. The number of ether oxygens (including phenoxy) is 1. The van der Waals surface area contributed by atoms with E-state index in [1.165, 1.54) is 0 Å². The Morgan fingerprint density at radius 2 is 1.89 bits per heavy atom. The number of thiazole rings is 1. The normalized spacial score (nSPS) is 10.1. The zero-order valence-corrected chi connectivity index (χ0v) is 16.6. The van der Waals surface area contributed by atoms with Crippen LogP contribution in [-0.2, 0) is 4.74 Å². The standard InChI is InChI=1S/C19H14ClN3O2S2/c1-2-25-18(24)16-17(22-12-21-14-10-8-13(20)9-11-14)23(19(26)27-16)15-6-4-3-5-7-15/h3-11H,2H2,1H3. The van der Waals surface area contributed by atoms with Crippen LogP contribution in [0.1, 0.15) is 16.6 Å². The molecule has 0 saturated heterocycles. The van der Waals surface area contributed by atoms with Crippen LogP contribution in [0.15, 0.2) is 64.6 Å². The van der Waals surface area contributed by atoms with Gasteiger partial charge < -0.3 is 4.74 Å². The number of aromatic nitrogens is 1. The van der Waals surface area contributed by atoms with Crippen molar-refractivity contribution in [1.82, 2.24) is 4.57 Å². The molecule has 0 fully saturated rings. The third kappa shape index (κ3) is 4.59. The molecule has 0 saturated carbocycles. The van der Waals surface area contributed by atoms with Crippen LogP contribution in [0.25, 0.3) is 5.69 Å². The number of hydrogen-bond acceptors (Lipinski definition) is 6. The molecule has 0 unspecified atom stereocenters. The number of para-hydroxylation sites is 1. The van der Waals surface area contributed by atoms with E-state index >= 15 is 0 Å². The molecule has 0 aliphatic heterocycles. The fraction of sp³-hybridized carbons (Fsp3) is 0.105. The van der Waals surface area contributed by atoms with Gasteiger partial charge in [0.25, 0.3) is 0 Å². The first-order valence-electron chi connectivity index (χ1n) is 8.00. The fourth-order valence-electron chi connectivity index (χ4n) is 2.25. The molecule has 0 atom stereocenters. The Morgan fingerprint density at radius 1 is 1.19 bits per heavy atom. The van der Waals surface area contributed by atoms with Crippen LogP contribution < -0.4 is 0 Å². The summed E-state index contributed by atoms with van der Waals surface area (Å²) < 4.78 is 7.32. The minimum Gasteiger partial charge on any atom is -0.462 e. The van der Waals surface area contributed by atoms with Gasteiger partial charge in [0.2, 0.25) is 0 Å². The first-order chi connectivity index (χ1) is 13.1. The van der Waals surface area contributed by atoms with Crippen molar-refractivity contribution >= 4 is 58.6 Å². The Balaban J connectivity index is 2.10. The largest absolute Gasteiger partial charge is 0.462 e. The molecule has 1 heterocycles. The van der Waals surface area contributed by atoms with Gasteiger partial charge in [0.1, 0.15) is 6.01 Å². The minimum absolute atomic E-state index is 0.261. The summed E-state index contributed by atoms with van der Waals surface area (Å²) in [5, 5.41) is 0.617. The fourth-order valence-corrected chi connectivity index (χ4v) is 3.64. The molecule has 8 heteroatoms. The second-order valence-electron chi connectivity index (χ2n) is 5.21. The number of esters is 1. The van der Waals surface area contributed by atoms with Crippen molar-refractivity contribution in [2.45, 2.75) is 6.92 Å². The van der Waals surface area contributed by atoms with E-state index in [1.807, 2.05) is 30.3 Å². The Labute approximate surface area is 170 Å². The molecule has 136 valence electrons. The van der Waals surface area contributed by atoms with Crippen LogP contribution in [0, 0.1) is 3.95 Å². The monoisotopic (exact) mass is 415 g/mol. The average molecular weight is 416 g/mol. The van der Waals surface area contributed by atoms with Crippen molar-refractivity contribution in [3.63, 3.8) is 0 Å². The number of aliphatic imine (C=N–C) groups is 2. The topological polar surface area (TPSA) is 56.0 Å². The van der Waals surface area contributed by atoms with Crippen molar-refractivity contribution in [2.75, 3.05) is 6.61 Å². The highest BCUT2D eigenvalue weighted by atomic mass is 35.5. The van der Waals surface area contributed by atoms with Gasteiger partial charge in [0, 0.05) is 10.7 Å². The van der Waals surface area contributed by atoms with Gasteiger partial charge in [-0.1, -0.05) is 41.1 Å². The summed E-state index contributed by atoms with van der Waals surface area (Å²) in [4.78, 5) is 21.1. The number of nitrogens with zero attached hydrogens (tertiary/aromatic N) is 3. The summed E-state index contributed by atoms with van der Waals surface area (Å²) in [6.07, 6.45) is 0. The molecule has 5 nitrogen and oxygen atoms in total. The van der Waals surface area contributed by atoms with E-state index in [-0.39, 0.29) is 6.61 Å². The third-order valence-corrected chi connectivity index (χ3v) is 5.02. The van der Waals surface area contributed by atoms with Crippen LogP contribution in [-0.4, -0.2) is 23.2 Å². The van der Waals surface area contributed by atoms with Crippen LogP contribution in [0.4, 0.5) is 11.5 Å². The lowest BCUT2D eigenvalue weighted by molar-refractivity contribution is 0.0532. The second-order valence-corrected chi connectivity index (χ2v) is 7.29. The lowest BCUT2D eigenvalue weighted by Gasteiger charge is -2.05. The maximum atomic E-state index is 12.3. The summed E-state index contributed by atoms with van der Waals surface area (Å²) in [6, 6.07) is 19.0. The Bertz CT molecular complexity index is 1070. The van der Waals surface area contributed by atoms with Crippen LogP contribution in [0.5, 0.6) is 0 Å². The highest BCUT2D eigenvalue weighted by molar-refractivity contribution is 7.73. The Kier molecular flexibility index (Phi) is 6.32. The van der Waals surface area contributed by atoms with Gasteiger partial charge in [-0.2, -0.15) is 9.98 Å². The van der Waals surface area contributed by atoms with Crippen LogP contribution in [0.3, 0.4) is 0 Å². The van der Waals surface area contributed by atoms with E-state index in [0.29, 0.717) is 25.4 Å². The lowest BCUT2D eigenvalue weighted by Crippen LogP contribution is -2.03. The maximum Gasteiger partial charge on any atom is 0.352 e. The van der Waals surface area contributed by atoms with Crippen molar-refractivity contribution in [1.29, 1.82) is 0 Å². The van der Waals surface area contributed by atoms with Gasteiger partial charge in [-0.05, 0) is 55.5 Å². The highest BCUT2D eigenvalue weighted by Gasteiger charge is 2.21. The molecule has 0 spiro atoms. The van der Waals surface area contributed by atoms with E-state index in [4.69, 9.17) is 28.6 Å². The second kappa shape index (κ2) is 8.88. The van der Waals surface area contributed by atoms with Crippen molar-refractivity contribution in [3.05, 3.63) is 68.5 Å². The zero-order chi connectivity index (χ0) is 19.2. The molecular formula is C19H14ClN3O2S2. The van der Waals surface area contributed by atoms with E-state index in [0.717, 1.165) is 17.0 Å². The molecule has 3 rings (SSSR count). The molecule has 0 N–H and O–H groups in total. The summed E-state index contributed by atoms with van der Waals surface area (Å²) in [5.41, 5.74) is 1.43.